The van der Waals surface area contributed by atoms with Gasteiger partial charge >= 0.3 is 0 Å². The molecular weight excluding hydrogens is 346 g/mol. The van der Waals surface area contributed by atoms with Gasteiger partial charge in [-0.3, -0.25) is 4.90 Å². The molecule has 5 nitrogen and oxygen atoms in total. The number of hydrogen-bond donors (Lipinski definition) is 1. The highest BCUT2D eigenvalue weighted by atomic mass is 32.2. The lowest BCUT2D eigenvalue weighted by atomic mass is 10.1. The molecule has 140 valence electrons. The first kappa shape index (κ1) is 18.9. The fourth-order valence-corrected chi connectivity index (χ4v) is 4.13. The molecule has 2 aromatic rings. The summed E-state index contributed by atoms with van der Waals surface area (Å²) in [7, 11) is -3.29. The molecule has 0 amide bonds. The summed E-state index contributed by atoms with van der Waals surface area (Å²) in [4.78, 5) is 6.94. The Bertz CT molecular complexity index is 811. The van der Waals surface area contributed by atoms with Crippen molar-refractivity contribution in [1.29, 1.82) is 0 Å². The Labute approximate surface area is 156 Å². The monoisotopic (exact) mass is 373 g/mol. The summed E-state index contributed by atoms with van der Waals surface area (Å²) < 4.78 is 23.7. The van der Waals surface area contributed by atoms with E-state index >= 15 is 0 Å². The van der Waals surface area contributed by atoms with Crippen LogP contribution in [0.25, 0.3) is 0 Å². The Hall–Kier alpha value is -1.92. The van der Waals surface area contributed by atoms with Gasteiger partial charge in [0.1, 0.15) is 10.7 Å². The number of hydrogen-bond acceptors (Lipinski definition) is 5. The molecule has 6 heteroatoms. The summed E-state index contributed by atoms with van der Waals surface area (Å²) in [6.45, 7) is 3.93. The minimum Gasteiger partial charge on any atom is -0.365 e. The van der Waals surface area contributed by atoms with Gasteiger partial charge in [-0.25, -0.2) is 13.4 Å². The molecule has 0 spiro atoms. The van der Waals surface area contributed by atoms with Crippen LogP contribution in [-0.4, -0.2) is 37.6 Å². The molecule has 0 radical (unpaired) electrons. The number of sulfone groups is 1. The highest BCUT2D eigenvalue weighted by Gasteiger charge is 2.13. The van der Waals surface area contributed by atoms with Crippen molar-refractivity contribution in [3.8, 4) is 0 Å². The quantitative estimate of drug-likeness (QED) is 0.840. The van der Waals surface area contributed by atoms with Crippen LogP contribution in [0.3, 0.4) is 0 Å². The first-order valence-corrected chi connectivity index (χ1v) is 11.1. The number of nitrogens with one attached hydrogen (secondary N) is 1. The molecule has 1 N–H and O–H groups in total. The number of rotatable bonds is 6. The zero-order chi connectivity index (χ0) is 18.4. The van der Waals surface area contributed by atoms with Gasteiger partial charge in [-0.1, -0.05) is 37.1 Å². The molecule has 1 aliphatic rings. The minimum absolute atomic E-state index is 0.234. The molecule has 26 heavy (non-hydrogen) atoms. The third-order valence-corrected chi connectivity index (χ3v) is 5.89. The summed E-state index contributed by atoms with van der Waals surface area (Å²) in [6.07, 6.45) is 8.10. The maximum atomic E-state index is 11.8. The summed E-state index contributed by atoms with van der Waals surface area (Å²) in [5, 5.41) is 3.14. The largest absolute Gasteiger partial charge is 0.365 e. The van der Waals surface area contributed by atoms with Crippen molar-refractivity contribution < 1.29 is 8.42 Å². The molecule has 1 aromatic heterocycles. The standard InChI is InChI=1S/C20H27N3O2S/c1-26(24,25)19-7-6-12-21-20(19)22-15-17-8-10-18(11-9-17)16-23-13-4-2-3-5-14-23/h6-12H,2-5,13-16H2,1H3,(H,21,22). The minimum atomic E-state index is -3.29. The van der Waals surface area contributed by atoms with Gasteiger partial charge in [0.15, 0.2) is 9.84 Å². The smallest absolute Gasteiger partial charge is 0.179 e. The number of anilines is 1. The van der Waals surface area contributed by atoms with Crippen molar-refractivity contribution >= 4 is 15.7 Å². The van der Waals surface area contributed by atoms with Crippen LogP contribution in [0.4, 0.5) is 5.82 Å². The molecule has 0 unspecified atom stereocenters. The van der Waals surface area contributed by atoms with E-state index in [0.29, 0.717) is 12.4 Å². The van der Waals surface area contributed by atoms with E-state index in [0.717, 1.165) is 12.1 Å². The maximum Gasteiger partial charge on any atom is 0.179 e. The van der Waals surface area contributed by atoms with Gasteiger partial charge < -0.3 is 5.32 Å². The summed E-state index contributed by atoms with van der Waals surface area (Å²) in [5.41, 5.74) is 2.43. The number of pyridine rings is 1. The molecule has 0 saturated carbocycles. The van der Waals surface area contributed by atoms with Gasteiger partial charge in [-0.2, -0.15) is 0 Å². The van der Waals surface area contributed by atoms with Gasteiger partial charge in [0.05, 0.1) is 0 Å². The molecule has 1 fully saturated rings. The molecular formula is C20H27N3O2S. The Morgan fingerprint density at radius 2 is 1.65 bits per heavy atom. The third-order valence-electron chi connectivity index (χ3n) is 4.76. The lowest BCUT2D eigenvalue weighted by Crippen LogP contribution is -2.23. The SMILES string of the molecule is CS(=O)(=O)c1cccnc1NCc1ccc(CN2CCCCCC2)cc1. The van der Waals surface area contributed by atoms with E-state index in [1.807, 2.05) is 0 Å². The highest BCUT2D eigenvalue weighted by molar-refractivity contribution is 7.90. The van der Waals surface area contributed by atoms with Crippen molar-refractivity contribution in [1.82, 2.24) is 9.88 Å². The maximum absolute atomic E-state index is 11.8. The van der Waals surface area contributed by atoms with Crippen molar-refractivity contribution in [3.05, 3.63) is 53.7 Å². The molecule has 3 rings (SSSR count). The molecule has 0 atom stereocenters. The van der Waals surface area contributed by atoms with Gasteiger partial charge in [-0.05, 0) is 49.2 Å². The second-order valence-electron chi connectivity index (χ2n) is 6.98. The average molecular weight is 374 g/mol. The zero-order valence-electron chi connectivity index (χ0n) is 15.3. The van der Waals surface area contributed by atoms with E-state index in [-0.39, 0.29) is 4.90 Å². The molecule has 0 bridgehead atoms. The van der Waals surface area contributed by atoms with Crippen LogP contribution in [-0.2, 0) is 22.9 Å². The predicted octanol–water partition coefficient (Wildman–Crippen LogP) is 3.47. The van der Waals surface area contributed by atoms with Crippen LogP contribution >= 0.6 is 0 Å². The van der Waals surface area contributed by atoms with Gasteiger partial charge in [-0.15, -0.1) is 0 Å². The number of aromatic nitrogens is 1. The zero-order valence-corrected chi connectivity index (χ0v) is 16.1. The Balaban J connectivity index is 1.60. The van der Waals surface area contributed by atoms with Crippen LogP contribution in [0, 0.1) is 0 Å². The van der Waals surface area contributed by atoms with Crippen LogP contribution < -0.4 is 5.32 Å². The normalized spacial score (nSPS) is 16.2. The fraction of sp³-hybridized carbons (Fsp3) is 0.450. The van der Waals surface area contributed by atoms with Crippen molar-refractivity contribution in [2.24, 2.45) is 0 Å². The van der Waals surface area contributed by atoms with E-state index in [2.05, 4.69) is 39.5 Å². The van der Waals surface area contributed by atoms with Crippen LogP contribution in [0.2, 0.25) is 0 Å². The molecule has 2 heterocycles. The fourth-order valence-electron chi connectivity index (χ4n) is 3.32. The topological polar surface area (TPSA) is 62.3 Å². The summed E-state index contributed by atoms with van der Waals surface area (Å²) >= 11 is 0. The number of benzene rings is 1. The number of likely N-dealkylation sites (tertiary alicyclic amines) is 1. The summed E-state index contributed by atoms with van der Waals surface area (Å²) in [5.74, 6) is 0.406. The Kier molecular flexibility index (Phi) is 6.27. The van der Waals surface area contributed by atoms with Crippen molar-refractivity contribution in [3.63, 3.8) is 0 Å². The number of nitrogens with zero attached hydrogens (tertiary/aromatic N) is 2. The predicted molar refractivity (Wildman–Crippen MR) is 105 cm³/mol. The Morgan fingerprint density at radius 3 is 2.31 bits per heavy atom. The third kappa shape index (κ3) is 5.29. The average Bonchev–Trinajstić information content (AvgIpc) is 2.89. The highest BCUT2D eigenvalue weighted by Crippen LogP contribution is 2.19. The lowest BCUT2D eigenvalue weighted by Gasteiger charge is -2.19. The van der Waals surface area contributed by atoms with Gasteiger partial charge in [0.2, 0.25) is 0 Å². The van der Waals surface area contributed by atoms with Crippen molar-refractivity contribution in [2.75, 3.05) is 24.7 Å². The molecule has 1 saturated heterocycles. The van der Waals surface area contributed by atoms with Crippen LogP contribution in [0.1, 0.15) is 36.8 Å². The Morgan fingerprint density at radius 1 is 1.00 bits per heavy atom. The van der Waals surface area contributed by atoms with Gasteiger partial charge in [0, 0.05) is 25.5 Å². The molecule has 1 aliphatic heterocycles. The second kappa shape index (κ2) is 8.64. The van der Waals surface area contributed by atoms with Crippen molar-refractivity contribution in [2.45, 2.75) is 43.7 Å². The second-order valence-corrected chi connectivity index (χ2v) is 8.97. The van der Waals surface area contributed by atoms with Crippen LogP contribution in [0.15, 0.2) is 47.5 Å². The van der Waals surface area contributed by atoms with Gasteiger partial charge in [0.25, 0.3) is 0 Å². The van der Waals surface area contributed by atoms with Crippen LogP contribution in [0.5, 0.6) is 0 Å². The molecule has 1 aromatic carbocycles. The van der Waals surface area contributed by atoms with E-state index in [1.54, 1.807) is 18.3 Å². The first-order valence-electron chi connectivity index (χ1n) is 9.21. The molecule has 0 aliphatic carbocycles. The van der Waals surface area contributed by atoms with E-state index in [9.17, 15) is 8.42 Å². The first-order chi connectivity index (χ1) is 12.5. The van der Waals surface area contributed by atoms with E-state index in [1.165, 1.54) is 50.6 Å². The van der Waals surface area contributed by atoms with E-state index < -0.39 is 9.84 Å². The lowest BCUT2D eigenvalue weighted by molar-refractivity contribution is 0.277. The summed E-state index contributed by atoms with van der Waals surface area (Å²) in [6, 6.07) is 11.7. The van der Waals surface area contributed by atoms with E-state index in [4.69, 9.17) is 0 Å².